The molecule has 3 rings (SSSR count). The third kappa shape index (κ3) is 7.32. The van der Waals surface area contributed by atoms with Crippen molar-refractivity contribution in [3.05, 3.63) is 93.5 Å². The second kappa shape index (κ2) is 13.3. The minimum absolute atomic E-state index is 0.0545. The van der Waals surface area contributed by atoms with Crippen molar-refractivity contribution in [2.75, 3.05) is 17.4 Å². The maximum Gasteiger partial charge on any atom is 0.264 e. The molecule has 7 nitrogen and oxygen atoms in total. The van der Waals surface area contributed by atoms with Gasteiger partial charge in [0.2, 0.25) is 11.8 Å². The Balaban J connectivity index is 2.10. The van der Waals surface area contributed by atoms with Gasteiger partial charge in [0.1, 0.15) is 12.6 Å². The highest BCUT2D eigenvalue weighted by Crippen LogP contribution is 2.29. The fraction of sp³-hybridized carbons (Fsp3) is 0.310. The molecule has 0 aliphatic carbocycles. The Labute approximate surface area is 240 Å². The van der Waals surface area contributed by atoms with E-state index < -0.39 is 28.5 Å². The molecule has 1 atom stereocenters. The largest absolute Gasteiger partial charge is 0.355 e. The lowest BCUT2D eigenvalue weighted by molar-refractivity contribution is -0.140. The number of amides is 2. The Kier molecular flexibility index (Phi) is 10.4. The smallest absolute Gasteiger partial charge is 0.264 e. The number of aryl methyl sites for hydroxylation is 2. The minimum atomic E-state index is -4.14. The van der Waals surface area contributed by atoms with Crippen LogP contribution in [0, 0.1) is 13.8 Å². The maximum atomic E-state index is 14.0. The van der Waals surface area contributed by atoms with Gasteiger partial charge in [0.25, 0.3) is 10.0 Å². The zero-order chi connectivity index (χ0) is 28.7. The van der Waals surface area contributed by atoms with Crippen molar-refractivity contribution in [1.29, 1.82) is 0 Å². The van der Waals surface area contributed by atoms with E-state index in [2.05, 4.69) is 5.32 Å². The molecule has 0 aromatic heterocycles. The Bertz CT molecular complexity index is 1410. The van der Waals surface area contributed by atoms with Crippen LogP contribution in [0.1, 0.15) is 37.0 Å². The van der Waals surface area contributed by atoms with Gasteiger partial charge in [-0.3, -0.25) is 13.9 Å². The summed E-state index contributed by atoms with van der Waals surface area (Å²) in [5.41, 5.74) is 2.55. The van der Waals surface area contributed by atoms with Crippen LogP contribution in [0.15, 0.2) is 71.6 Å². The van der Waals surface area contributed by atoms with Crippen molar-refractivity contribution in [3.8, 4) is 0 Å². The molecule has 3 aromatic rings. The van der Waals surface area contributed by atoms with E-state index in [4.69, 9.17) is 23.2 Å². The first kappa shape index (κ1) is 30.5. The van der Waals surface area contributed by atoms with Crippen molar-refractivity contribution in [1.82, 2.24) is 10.2 Å². The second-order valence-electron chi connectivity index (χ2n) is 9.20. The predicted molar refractivity (Wildman–Crippen MR) is 157 cm³/mol. The van der Waals surface area contributed by atoms with E-state index in [1.807, 2.05) is 19.9 Å². The first-order chi connectivity index (χ1) is 18.5. The second-order valence-corrected chi connectivity index (χ2v) is 11.9. The van der Waals surface area contributed by atoms with Crippen LogP contribution in [0.4, 0.5) is 5.69 Å². The van der Waals surface area contributed by atoms with Gasteiger partial charge in [0.15, 0.2) is 0 Å². The number of nitrogens with zero attached hydrogens (tertiary/aromatic N) is 2. The van der Waals surface area contributed by atoms with Gasteiger partial charge in [0.05, 0.1) is 10.6 Å². The molecule has 0 radical (unpaired) electrons. The molecule has 0 aliphatic heterocycles. The summed E-state index contributed by atoms with van der Waals surface area (Å²) >= 11 is 12.8. The summed E-state index contributed by atoms with van der Waals surface area (Å²) in [6.45, 7) is 7.06. The van der Waals surface area contributed by atoms with E-state index in [-0.39, 0.29) is 17.3 Å². The zero-order valence-corrected chi connectivity index (χ0v) is 24.8. The van der Waals surface area contributed by atoms with Crippen molar-refractivity contribution in [3.63, 3.8) is 0 Å². The molecular weight excluding hydrogens is 557 g/mol. The number of rotatable bonds is 11. The number of sulfonamides is 1. The molecule has 1 N–H and O–H groups in total. The molecular formula is C29H33Cl2N3O4S. The SMILES string of the molecule is CCNC(=O)C(CC)N(Cc1c(Cl)cccc1Cl)C(=O)CN(c1cccc(C)c1)S(=O)(=O)c1ccc(C)cc1. The molecule has 0 bridgehead atoms. The highest BCUT2D eigenvalue weighted by molar-refractivity contribution is 7.92. The topological polar surface area (TPSA) is 86.8 Å². The first-order valence-corrected chi connectivity index (χ1v) is 14.8. The van der Waals surface area contributed by atoms with E-state index >= 15 is 0 Å². The predicted octanol–water partition coefficient (Wildman–Crippen LogP) is 5.75. The summed E-state index contributed by atoms with van der Waals surface area (Å²) < 4.78 is 28.9. The number of hydrogen-bond donors (Lipinski definition) is 1. The molecule has 2 amide bonds. The van der Waals surface area contributed by atoms with E-state index in [9.17, 15) is 18.0 Å². The van der Waals surface area contributed by atoms with Gasteiger partial charge in [0, 0.05) is 28.7 Å². The van der Waals surface area contributed by atoms with E-state index in [0.717, 1.165) is 15.4 Å². The number of hydrogen-bond acceptors (Lipinski definition) is 4. The summed E-state index contributed by atoms with van der Waals surface area (Å²) in [5.74, 6) is -0.915. The Morgan fingerprint density at radius 2 is 1.51 bits per heavy atom. The lowest BCUT2D eigenvalue weighted by Gasteiger charge is -2.33. The number of halogens is 2. The van der Waals surface area contributed by atoms with Crippen LogP contribution in [0.3, 0.4) is 0 Å². The maximum absolute atomic E-state index is 14.0. The van der Waals surface area contributed by atoms with Crippen molar-refractivity contribution in [2.45, 2.75) is 51.6 Å². The van der Waals surface area contributed by atoms with Crippen molar-refractivity contribution >= 4 is 50.7 Å². The quantitative estimate of drug-likeness (QED) is 0.308. The van der Waals surface area contributed by atoms with Crippen LogP contribution in [0.5, 0.6) is 0 Å². The number of nitrogens with one attached hydrogen (secondary N) is 1. The number of anilines is 1. The third-order valence-electron chi connectivity index (χ3n) is 6.30. The first-order valence-electron chi connectivity index (χ1n) is 12.7. The summed E-state index contributed by atoms with van der Waals surface area (Å²) in [5, 5.41) is 3.45. The van der Waals surface area contributed by atoms with Gasteiger partial charge in [-0.2, -0.15) is 0 Å². The van der Waals surface area contributed by atoms with Crippen LogP contribution >= 0.6 is 23.2 Å². The monoisotopic (exact) mass is 589 g/mol. The zero-order valence-electron chi connectivity index (χ0n) is 22.4. The molecule has 0 spiro atoms. The Morgan fingerprint density at radius 3 is 2.08 bits per heavy atom. The molecule has 1 unspecified atom stereocenters. The highest BCUT2D eigenvalue weighted by atomic mass is 35.5. The van der Waals surface area contributed by atoms with Crippen molar-refractivity contribution < 1.29 is 18.0 Å². The number of likely N-dealkylation sites (N-methyl/N-ethyl adjacent to an activating group) is 1. The van der Waals surface area contributed by atoms with Gasteiger partial charge in [-0.25, -0.2) is 8.42 Å². The van der Waals surface area contributed by atoms with Crippen LogP contribution in [0.2, 0.25) is 10.0 Å². The number of carbonyl (C=O) groups is 2. The normalized spacial score (nSPS) is 12.1. The van der Waals surface area contributed by atoms with Crippen LogP contribution in [-0.4, -0.2) is 44.3 Å². The van der Waals surface area contributed by atoms with E-state index in [1.165, 1.54) is 17.0 Å². The average Bonchev–Trinajstić information content (AvgIpc) is 2.89. The molecule has 0 saturated heterocycles. The molecule has 10 heteroatoms. The average molecular weight is 591 g/mol. The number of benzene rings is 3. The summed E-state index contributed by atoms with van der Waals surface area (Å²) in [7, 11) is -4.14. The fourth-order valence-electron chi connectivity index (χ4n) is 4.21. The lowest BCUT2D eigenvalue weighted by Crippen LogP contribution is -2.52. The Hall–Kier alpha value is -3.07. The van der Waals surface area contributed by atoms with Crippen LogP contribution in [-0.2, 0) is 26.2 Å². The minimum Gasteiger partial charge on any atom is -0.355 e. The van der Waals surface area contributed by atoms with Crippen LogP contribution in [0.25, 0.3) is 0 Å². The van der Waals surface area contributed by atoms with Gasteiger partial charge < -0.3 is 10.2 Å². The lowest BCUT2D eigenvalue weighted by atomic mass is 10.1. The van der Waals surface area contributed by atoms with E-state index in [1.54, 1.807) is 62.4 Å². The standard InChI is InChI=1S/C29H33Cl2N3O4S/c1-5-27(29(36)32-6-2)33(18-24-25(30)11-8-12-26(24)31)28(35)19-34(22-10-7-9-21(4)17-22)39(37,38)23-15-13-20(3)14-16-23/h7-17,27H,5-6,18-19H2,1-4H3,(H,32,36). The van der Waals surface area contributed by atoms with Crippen LogP contribution < -0.4 is 9.62 Å². The van der Waals surface area contributed by atoms with Gasteiger partial charge in [-0.1, -0.05) is 66.0 Å². The molecule has 0 aliphatic rings. The summed E-state index contributed by atoms with van der Waals surface area (Å²) in [4.78, 5) is 28.5. The van der Waals surface area contributed by atoms with Gasteiger partial charge in [-0.15, -0.1) is 0 Å². The van der Waals surface area contributed by atoms with E-state index in [0.29, 0.717) is 34.3 Å². The molecule has 39 heavy (non-hydrogen) atoms. The van der Waals surface area contributed by atoms with Gasteiger partial charge in [-0.05, 0) is 69.2 Å². The molecule has 0 fully saturated rings. The Morgan fingerprint density at radius 1 is 0.897 bits per heavy atom. The summed E-state index contributed by atoms with van der Waals surface area (Å²) in [6.07, 6.45) is 0.300. The summed E-state index contributed by atoms with van der Waals surface area (Å²) in [6, 6.07) is 17.5. The van der Waals surface area contributed by atoms with Gasteiger partial charge >= 0.3 is 0 Å². The van der Waals surface area contributed by atoms with Crippen molar-refractivity contribution in [2.24, 2.45) is 0 Å². The molecule has 208 valence electrons. The fourth-order valence-corrected chi connectivity index (χ4v) is 6.14. The molecule has 0 saturated carbocycles. The third-order valence-corrected chi connectivity index (χ3v) is 8.80. The molecule has 3 aromatic carbocycles. The molecule has 0 heterocycles. The number of carbonyl (C=O) groups excluding carboxylic acids is 2. The highest BCUT2D eigenvalue weighted by Gasteiger charge is 2.34.